The molecule has 1 aromatic carbocycles. The van der Waals surface area contributed by atoms with Crippen LogP contribution in [0.2, 0.25) is 0 Å². The molecule has 0 radical (unpaired) electrons. The predicted molar refractivity (Wildman–Crippen MR) is 99.7 cm³/mol. The highest BCUT2D eigenvalue weighted by Gasteiger charge is 2.19. The number of β-amino-alcohol motifs (C(OH)–C–C–N with tert-alkyl or cyclic N) is 1. The van der Waals surface area contributed by atoms with E-state index in [1.54, 1.807) is 6.08 Å². The van der Waals surface area contributed by atoms with E-state index in [1.807, 2.05) is 0 Å². The second-order valence-corrected chi connectivity index (χ2v) is 5.54. The molecule has 0 bridgehead atoms. The van der Waals surface area contributed by atoms with Gasteiger partial charge in [-0.2, -0.15) is 0 Å². The van der Waals surface area contributed by atoms with Crippen molar-refractivity contribution < 1.29 is 9.84 Å². The fourth-order valence-electron chi connectivity index (χ4n) is 2.61. The van der Waals surface area contributed by atoms with Crippen LogP contribution in [0.15, 0.2) is 43.0 Å². The van der Waals surface area contributed by atoms with Gasteiger partial charge in [0.05, 0.1) is 19.3 Å². The number of rotatable bonds is 8. The van der Waals surface area contributed by atoms with Crippen LogP contribution in [0.25, 0.3) is 0 Å². The molecular formula is C17H28Cl2N2O2. The van der Waals surface area contributed by atoms with Gasteiger partial charge in [0, 0.05) is 39.3 Å². The van der Waals surface area contributed by atoms with Gasteiger partial charge in [0.15, 0.2) is 0 Å². The van der Waals surface area contributed by atoms with Gasteiger partial charge in [-0.25, -0.2) is 0 Å². The lowest BCUT2D eigenvalue weighted by atomic mass is 10.2. The predicted octanol–water partition coefficient (Wildman–Crippen LogP) is 2.21. The molecule has 0 aliphatic carbocycles. The molecule has 4 nitrogen and oxygen atoms in total. The number of hydrogen-bond acceptors (Lipinski definition) is 4. The highest BCUT2D eigenvalue weighted by molar-refractivity contribution is 5.85. The van der Waals surface area contributed by atoms with Crippen LogP contribution in [0.4, 0.5) is 0 Å². The van der Waals surface area contributed by atoms with Crippen molar-refractivity contribution in [1.82, 2.24) is 9.80 Å². The zero-order chi connectivity index (χ0) is 14.9. The fraction of sp³-hybridized carbons (Fsp3) is 0.529. The summed E-state index contributed by atoms with van der Waals surface area (Å²) in [6.45, 7) is 10.3. The standard InChI is InChI=1S/C17H26N2O2.2ClH/c1-2-12-21-15-17(20)14-19-10-8-18(9-11-19)13-16-6-4-3-5-7-16;;/h2-7,17,20H,1,8-15H2;2*1H. The quantitative estimate of drug-likeness (QED) is 0.568. The normalized spacial score (nSPS) is 16.9. The maximum absolute atomic E-state index is 9.91. The molecule has 0 amide bonds. The molecule has 2 rings (SSSR count). The van der Waals surface area contributed by atoms with Crippen LogP contribution in [0.5, 0.6) is 0 Å². The zero-order valence-electron chi connectivity index (χ0n) is 13.5. The van der Waals surface area contributed by atoms with Gasteiger partial charge in [-0.05, 0) is 5.56 Å². The minimum absolute atomic E-state index is 0. The van der Waals surface area contributed by atoms with Crippen LogP contribution in [-0.2, 0) is 11.3 Å². The minimum atomic E-state index is -0.411. The van der Waals surface area contributed by atoms with Crippen LogP contribution < -0.4 is 0 Å². The molecule has 1 fully saturated rings. The minimum Gasteiger partial charge on any atom is -0.389 e. The molecule has 1 heterocycles. The van der Waals surface area contributed by atoms with E-state index < -0.39 is 6.10 Å². The van der Waals surface area contributed by atoms with E-state index in [9.17, 15) is 5.11 Å². The Hall–Kier alpha value is -0.620. The first-order valence-corrected chi connectivity index (χ1v) is 7.63. The molecule has 6 heteroatoms. The third-order valence-corrected chi connectivity index (χ3v) is 3.73. The molecule has 0 saturated carbocycles. The van der Waals surface area contributed by atoms with Crippen molar-refractivity contribution in [3.8, 4) is 0 Å². The van der Waals surface area contributed by atoms with E-state index >= 15 is 0 Å². The Kier molecular flexibility index (Phi) is 12.4. The van der Waals surface area contributed by atoms with Gasteiger partial charge in [0.2, 0.25) is 0 Å². The third kappa shape index (κ3) is 8.70. The topological polar surface area (TPSA) is 35.9 Å². The summed E-state index contributed by atoms with van der Waals surface area (Å²) in [5.41, 5.74) is 1.36. The highest BCUT2D eigenvalue weighted by atomic mass is 35.5. The summed E-state index contributed by atoms with van der Waals surface area (Å²) < 4.78 is 5.28. The Balaban J connectivity index is 0.00000242. The van der Waals surface area contributed by atoms with Crippen LogP contribution in [-0.4, -0.2) is 66.9 Å². The second-order valence-electron chi connectivity index (χ2n) is 5.54. The van der Waals surface area contributed by atoms with Gasteiger partial charge in [-0.3, -0.25) is 9.80 Å². The molecule has 1 saturated heterocycles. The van der Waals surface area contributed by atoms with Crippen molar-refractivity contribution in [2.75, 3.05) is 45.9 Å². The van der Waals surface area contributed by atoms with Crippen molar-refractivity contribution in [3.63, 3.8) is 0 Å². The lowest BCUT2D eigenvalue weighted by molar-refractivity contribution is 0.0142. The molecule has 1 aromatic rings. The van der Waals surface area contributed by atoms with E-state index in [-0.39, 0.29) is 24.8 Å². The van der Waals surface area contributed by atoms with E-state index in [1.165, 1.54) is 5.56 Å². The van der Waals surface area contributed by atoms with Gasteiger partial charge in [-0.1, -0.05) is 36.4 Å². The third-order valence-electron chi connectivity index (χ3n) is 3.73. The average molecular weight is 363 g/mol. The molecule has 1 aliphatic heterocycles. The number of aliphatic hydroxyl groups is 1. The van der Waals surface area contributed by atoms with Gasteiger partial charge >= 0.3 is 0 Å². The monoisotopic (exact) mass is 362 g/mol. The Morgan fingerprint density at radius 1 is 1.09 bits per heavy atom. The van der Waals surface area contributed by atoms with Crippen molar-refractivity contribution in [2.45, 2.75) is 12.6 Å². The maximum Gasteiger partial charge on any atom is 0.0900 e. The summed E-state index contributed by atoms with van der Waals surface area (Å²) in [4.78, 5) is 4.77. The van der Waals surface area contributed by atoms with Gasteiger partial charge in [0.25, 0.3) is 0 Å². The SMILES string of the molecule is C=CCOCC(O)CN1CCN(Cc2ccccc2)CC1.Cl.Cl. The summed E-state index contributed by atoms with van der Waals surface area (Å²) in [6, 6.07) is 10.6. The van der Waals surface area contributed by atoms with E-state index in [0.717, 1.165) is 32.7 Å². The smallest absolute Gasteiger partial charge is 0.0900 e. The van der Waals surface area contributed by atoms with Crippen LogP contribution in [0, 0.1) is 0 Å². The van der Waals surface area contributed by atoms with Crippen molar-refractivity contribution in [3.05, 3.63) is 48.6 Å². The number of aliphatic hydroxyl groups excluding tert-OH is 1. The van der Waals surface area contributed by atoms with Gasteiger partial charge < -0.3 is 9.84 Å². The number of ether oxygens (including phenoxy) is 1. The Labute approximate surface area is 151 Å². The van der Waals surface area contributed by atoms with Crippen LogP contribution in [0.1, 0.15) is 5.56 Å². The second kappa shape index (κ2) is 12.8. The number of piperazine rings is 1. The molecule has 1 aliphatic rings. The van der Waals surface area contributed by atoms with Crippen molar-refractivity contribution >= 4 is 24.8 Å². The summed E-state index contributed by atoms with van der Waals surface area (Å²) in [6.07, 6.45) is 1.29. The Morgan fingerprint density at radius 3 is 2.30 bits per heavy atom. The molecule has 1 atom stereocenters. The molecule has 132 valence electrons. The number of halogens is 2. The van der Waals surface area contributed by atoms with Crippen LogP contribution in [0.3, 0.4) is 0 Å². The number of nitrogens with zero attached hydrogens (tertiary/aromatic N) is 2. The molecule has 1 N–H and O–H groups in total. The summed E-state index contributed by atoms with van der Waals surface area (Å²) in [5.74, 6) is 0. The Morgan fingerprint density at radius 2 is 1.70 bits per heavy atom. The molecule has 1 unspecified atom stereocenters. The molecule has 0 spiro atoms. The summed E-state index contributed by atoms with van der Waals surface area (Å²) >= 11 is 0. The van der Waals surface area contributed by atoms with E-state index in [2.05, 4.69) is 46.7 Å². The summed E-state index contributed by atoms with van der Waals surface area (Å²) in [5, 5.41) is 9.91. The number of hydrogen-bond donors (Lipinski definition) is 1. The van der Waals surface area contributed by atoms with Crippen LogP contribution >= 0.6 is 24.8 Å². The van der Waals surface area contributed by atoms with Crippen molar-refractivity contribution in [1.29, 1.82) is 0 Å². The largest absolute Gasteiger partial charge is 0.389 e. The van der Waals surface area contributed by atoms with E-state index in [4.69, 9.17) is 4.74 Å². The van der Waals surface area contributed by atoms with Gasteiger partial charge in [-0.15, -0.1) is 31.4 Å². The lowest BCUT2D eigenvalue weighted by Crippen LogP contribution is -2.48. The summed E-state index contributed by atoms with van der Waals surface area (Å²) in [7, 11) is 0. The average Bonchev–Trinajstić information content (AvgIpc) is 2.51. The molecule has 0 aromatic heterocycles. The molecule has 23 heavy (non-hydrogen) atoms. The Bertz CT molecular complexity index is 412. The first kappa shape index (κ1) is 22.4. The van der Waals surface area contributed by atoms with E-state index in [0.29, 0.717) is 19.8 Å². The van der Waals surface area contributed by atoms with Crippen molar-refractivity contribution in [2.24, 2.45) is 0 Å². The lowest BCUT2D eigenvalue weighted by Gasteiger charge is -2.35. The zero-order valence-corrected chi connectivity index (χ0v) is 15.1. The number of benzene rings is 1. The van der Waals surface area contributed by atoms with Gasteiger partial charge in [0.1, 0.15) is 0 Å². The maximum atomic E-state index is 9.91. The first-order valence-electron chi connectivity index (χ1n) is 7.63. The first-order chi connectivity index (χ1) is 10.3. The highest BCUT2D eigenvalue weighted by Crippen LogP contribution is 2.08. The fourth-order valence-corrected chi connectivity index (χ4v) is 2.61. The molecular weight excluding hydrogens is 335 g/mol.